The van der Waals surface area contributed by atoms with Crippen LogP contribution in [0.1, 0.15) is 44.5 Å². The van der Waals surface area contributed by atoms with Crippen LogP contribution < -0.4 is 10.6 Å². The molecule has 5 heteroatoms. The van der Waals surface area contributed by atoms with Gasteiger partial charge in [0.2, 0.25) is 11.8 Å². The highest BCUT2D eigenvalue weighted by atomic mass is 16.2. The second-order valence-corrected chi connectivity index (χ2v) is 6.81. The molecule has 22 heavy (non-hydrogen) atoms. The Labute approximate surface area is 130 Å². The summed E-state index contributed by atoms with van der Waals surface area (Å²) in [4.78, 5) is 35.3. The van der Waals surface area contributed by atoms with E-state index in [9.17, 15) is 14.4 Å². The number of ketones is 1. The third-order valence-electron chi connectivity index (χ3n) is 3.52. The topological polar surface area (TPSA) is 75.3 Å². The Kier molecular flexibility index (Phi) is 4.35. The number of amides is 2. The molecular formula is C17H22N2O3. The van der Waals surface area contributed by atoms with Crippen LogP contribution in [0.25, 0.3) is 0 Å². The second kappa shape index (κ2) is 5.91. The molecule has 2 rings (SSSR count). The maximum Gasteiger partial charge on any atom is 0.228 e. The van der Waals surface area contributed by atoms with Crippen molar-refractivity contribution in [2.45, 2.75) is 39.7 Å². The summed E-state index contributed by atoms with van der Waals surface area (Å²) in [5.41, 5.74) is 0.951. The van der Waals surface area contributed by atoms with E-state index in [-0.39, 0.29) is 35.0 Å². The van der Waals surface area contributed by atoms with Gasteiger partial charge in [-0.2, -0.15) is 0 Å². The first-order chi connectivity index (χ1) is 10.2. The average Bonchev–Trinajstić information content (AvgIpc) is 3.17. The fraction of sp³-hybridized carbons (Fsp3) is 0.471. The molecule has 0 radical (unpaired) electrons. The Bertz CT molecular complexity index is 599. The van der Waals surface area contributed by atoms with E-state index in [0.717, 1.165) is 0 Å². The maximum absolute atomic E-state index is 12.1. The molecule has 0 bridgehead atoms. The fourth-order valence-electron chi connectivity index (χ4n) is 2.26. The van der Waals surface area contributed by atoms with Crippen molar-refractivity contribution in [2.75, 3.05) is 5.32 Å². The number of hydrogen-bond acceptors (Lipinski definition) is 3. The number of anilines is 1. The van der Waals surface area contributed by atoms with Gasteiger partial charge in [0.1, 0.15) is 0 Å². The van der Waals surface area contributed by atoms with Gasteiger partial charge in [-0.05, 0) is 58.4 Å². The summed E-state index contributed by atoms with van der Waals surface area (Å²) in [7, 11) is 0. The maximum atomic E-state index is 12.1. The van der Waals surface area contributed by atoms with E-state index in [4.69, 9.17) is 0 Å². The van der Waals surface area contributed by atoms with E-state index < -0.39 is 0 Å². The fourth-order valence-corrected chi connectivity index (χ4v) is 2.26. The minimum Gasteiger partial charge on any atom is -0.351 e. The lowest BCUT2D eigenvalue weighted by Crippen LogP contribution is -2.42. The molecule has 0 aliphatic heterocycles. The third kappa shape index (κ3) is 4.16. The molecule has 1 fully saturated rings. The molecule has 118 valence electrons. The van der Waals surface area contributed by atoms with Crippen molar-refractivity contribution in [3.63, 3.8) is 0 Å². The predicted molar refractivity (Wildman–Crippen MR) is 84.6 cm³/mol. The van der Waals surface area contributed by atoms with Gasteiger partial charge in [-0.15, -0.1) is 0 Å². The largest absolute Gasteiger partial charge is 0.351 e. The normalized spacial score (nSPS) is 20.2. The smallest absolute Gasteiger partial charge is 0.228 e. The van der Waals surface area contributed by atoms with Crippen molar-refractivity contribution in [3.8, 4) is 0 Å². The Morgan fingerprint density at radius 1 is 1.00 bits per heavy atom. The predicted octanol–water partition coefficient (Wildman–Crippen LogP) is 2.38. The molecule has 5 nitrogen and oxygen atoms in total. The van der Waals surface area contributed by atoms with Crippen molar-refractivity contribution in [1.82, 2.24) is 5.32 Å². The molecule has 0 heterocycles. The lowest BCUT2D eigenvalue weighted by Gasteiger charge is -2.20. The van der Waals surface area contributed by atoms with Crippen LogP contribution in [0, 0.1) is 11.8 Å². The van der Waals surface area contributed by atoms with Crippen LogP contribution >= 0.6 is 0 Å². The molecule has 2 N–H and O–H groups in total. The summed E-state index contributed by atoms with van der Waals surface area (Å²) < 4.78 is 0. The van der Waals surface area contributed by atoms with E-state index in [0.29, 0.717) is 17.7 Å². The molecule has 0 aromatic heterocycles. The highest BCUT2D eigenvalue weighted by Crippen LogP contribution is 2.39. The lowest BCUT2D eigenvalue weighted by atomic mass is 10.1. The molecule has 1 aliphatic carbocycles. The molecular weight excluding hydrogens is 280 g/mol. The first kappa shape index (κ1) is 16.2. The first-order valence-corrected chi connectivity index (χ1v) is 7.41. The van der Waals surface area contributed by atoms with Gasteiger partial charge in [0.05, 0.1) is 11.8 Å². The average molecular weight is 302 g/mol. The summed E-state index contributed by atoms with van der Waals surface area (Å²) in [6, 6.07) is 6.74. The van der Waals surface area contributed by atoms with Crippen LogP contribution in [0.5, 0.6) is 0 Å². The standard InChI is InChI=1S/C17H22N2O3/c1-10(20)11-5-7-12(8-6-11)18-15(21)13-9-14(13)16(22)19-17(2,3)4/h5-8,13-14H,9H2,1-4H3,(H,18,21)(H,19,22). The van der Waals surface area contributed by atoms with Crippen molar-refractivity contribution in [2.24, 2.45) is 11.8 Å². The molecule has 2 atom stereocenters. The van der Waals surface area contributed by atoms with Gasteiger partial charge in [0.15, 0.2) is 5.78 Å². The molecule has 2 unspecified atom stereocenters. The second-order valence-electron chi connectivity index (χ2n) is 6.81. The molecule has 1 aromatic carbocycles. The molecule has 0 spiro atoms. The van der Waals surface area contributed by atoms with Crippen LogP contribution in [0.15, 0.2) is 24.3 Å². The van der Waals surface area contributed by atoms with E-state index in [1.165, 1.54) is 6.92 Å². The Morgan fingerprint density at radius 2 is 1.55 bits per heavy atom. The van der Waals surface area contributed by atoms with Crippen LogP contribution in [0.4, 0.5) is 5.69 Å². The van der Waals surface area contributed by atoms with Crippen molar-refractivity contribution < 1.29 is 14.4 Å². The number of carbonyl (C=O) groups excluding carboxylic acids is 3. The van der Waals surface area contributed by atoms with E-state index in [2.05, 4.69) is 10.6 Å². The summed E-state index contributed by atoms with van der Waals surface area (Å²) in [6.45, 7) is 7.24. The van der Waals surface area contributed by atoms with Crippen molar-refractivity contribution in [3.05, 3.63) is 29.8 Å². The van der Waals surface area contributed by atoms with Gasteiger partial charge >= 0.3 is 0 Å². The van der Waals surface area contributed by atoms with Gasteiger partial charge < -0.3 is 10.6 Å². The molecule has 1 aromatic rings. The summed E-state index contributed by atoms with van der Waals surface area (Å²) in [5, 5.41) is 5.68. The summed E-state index contributed by atoms with van der Waals surface area (Å²) in [6.07, 6.45) is 0.583. The highest BCUT2D eigenvalue weighted by Gasteiger charge is 2.48. The zero-order valence-electron chi connectivity index (χ0n) is 13.4. The van der Waals surface area contributed by atoms with Crippen LogP contribution in [-0.2, 0) is 9.59 Å². The number of carbonyl (C=O) groups is 3. The van der Waals surface area contributed by atoms with Crippen LogP contribution in [0.2, 0.25) is 0 Å². The third-order valence-corrected chi connectivity index (χ3v) is 3.52. The van der Waals surface area contributed by atoms with Gasteiger partial charge in [-0.1, -0.05) is 0 Å². The Hall–Kier alpha value is -2.17. The van der Waals surface area contributed by atoms with E-state index >= 15 is 0 Å². The van der Waals surface area contributed by atoms with Crippen LogP contribution in [-0.4, -0.2) is 23.1 Å². The summed E-state index contributed by atoms with van der Waals surface area (Å²) >= 11 is 0. The Morgan fingerprint density at radius 3 is 2.05 bits per heavy atom. The molecule has 1 saturated carbocycles. The van der Waals surface area contributed by atoms with Crippen molar-refractivity contribution >= 4 is 23.3 Å². The monoisotopic (exact) mass is 302 g/mol. The minimum absolute atomic E-state index is 0.0148. The number of rotatable bonds is 4. The van der Waals surface area contributed by atoms with Crippen LogP contribution in [0.3, 0.4) is 0 Å². The molecule has 1 aliphatic rings. The SMILES string of the molecule is CC(=O)c1ccc(NC(=O)C2CC2C(=O)NC(C)(C)C)cc1. The van der Waals surface area contributed by atoms with E-state index in [1.807, 2.05) is 20.8 Å². The number of nitrogens with one attached hydrogen (secondary N) is 2. The van der Waals surface area contributed by atoms with Gasteiger partial charge in [0.25, 0.3) is 0 Å². The minimum atomic E-state index is -0.288. The van der Waals surface area contributed by atoms with Gasteiger partial charge in [0, 0.05) is 16.8 Å². The lowest BCUT2D eigenvalue weighted by molar-refractivity contribution is -0.126. The zero-order chi connectivity index (χ0) is 16.5. The zero-order valence-corrected chi connectivity index (χ0v) is 13.4. The quantitative estimate of drug-likeness (QED) is 0.838. The first-order valence-electron chi connectivity index (χ1n) is 7.41. The highest BCUT2D eigenvalue weighted by molar-refractivity contribution is 6.00. The summed E-state index contributed by atoms with van der Waals surface area (Å²) in [5.74, 6) is -0.742. The number of Topliss-reactive ketones (excluding diaryl/α,β-unsaturated/α-hetero) is 1. The number of benzene rings is 1. The van der Waals surface area contributed by atoms with E-state index in [1.54, 1.807) is 24.3 Å². The molecule has 2 amide bonds. The Balaban J connectivity index is 1.89. The van der Waals surface area contributed by atoms with Crippen molar-refractivity contribution in [1.29, 1.82) is 0 Å². The van der Waals surface area contributed by atoms with Gasteiger partial charge in [-0.25, -0.2) is 0 Å². The number of hydrogen-bond donors (Lipinski definition) is 2. The van der Waals surface area contributed by atoms with Gasteiger partial charge in [-0.3, -0.25) is 14.4 Å². The molecule has 0 saturated heterocycles.